The summed E-state index contributed by atoms with van der Waals surface area (Å²) in [6.45, 7) is 3.70. The molecule has 2 aliphatic heterocycles. The third-order valence-electron chi connectivity index (χ3n) is 6.69. The summed E-state index contributed by atoms with van der Waals surface area (Å²) in [7, 11) is 0. The van der Waals surface area contributed by atoms with Gasteiger partial charge >= 0.3 is 0 Å². The van der Waals surface area contributed by atoms with Gasteiger partial charge in [0.2, 0.25) is 11.8 Å². The van der Waals surface area contributed by atoms with Gasteiger partial charge in [0.05, 0.1) is 23.9 Å². The molecule has 0 bridgehead atoms. The molecule has 0 saturated heterocycles. The fraction of sp³-hybridized carbons (Fsp3) is 0.172. The van der Waals surface area contributed by atoms with Gasteiger partial charge in [0.25, 0.3) is 0 Å². The van der Waals surface area contributed by atoms with Crippen LogP contribution in [-0.2, 0) is 21.5 Å². The maximum atomic E-state index is 14.4. The van der Waals surface area contributed by atoms with Crippen molar-refractivity contribution in [3.63, 3.8) is 0 Å². The van der Waals surface area contributed by atoms with E-state index in [9.17, 15) is 14.9 Å². The van der Waals surface area contributed by atoms with Gasteiger partial charge < -0.3 is 4.90 Å². The Morgan fingerprint density at radius 3 is 2.50 bits per heavy atom. The smallest absolute Gasteiger partial charge is 0.243 e. The van der Waals surface area contributed by atoms with Crippen LogP contribution in [0.2, 0.25) is 5.02 Å². The van der Waals surface area contributed by atoms with E-state index in [2.05, 4.69) is 11.2 Å². The maximum absolute atomic E-state index is 14.4. The summed E-state index contributed by atoms with van der Waals surface area (Å²) in [4.78, 5) is 28.7. The van der Waals surface area contributed by atoms with Gasteiger partial charge in [-0.3, -0.25) is 9.59 Å². The number of carbonyl (C=O) groups excluding carboxylic acids is 2. The lowest BCUT2D eigenvalue weighted by Gasteiger charge is -2.28. The molecule has 5 rings (SSSR count). The summed E-state index contributed by atoms with van der Waals surface area (Å²) in [6, 6.07) is 24.9. The third kappa shape index (κ3) is 3.88. The summed E-state index contributed by atoms with van der Waals surface area (Å²) in [6.07, 6.45) is 1.53. The number of nitriles is 1. The van der Waals surface area contributed by atoms with E-state index in [1.54, 1.807) is 17.0 Å². The number of fused-ring (bicyclic) bond motifs is 2. The molecule has 3 aromatic carbocycles. The van der Waals surface area contributed by atoms with Gasteiger partial charge in [-0.15, -0.1) is 0 Å². The third-order valence-corrected chi connectivity index (χ3v) is 6.94. The van der Waals surface area contributed by atoms with Crippen molar-refractivity contribution in [3.8, 4) is 6.07 Å². The van der Waals surface area contributed by atoms with Crippen molar-refractivity contribution in [1.29, 1.82) is 5.26 Å². The molecule has 0 aromatic heterocycles. The average molecular weight is 495 g/mol. The largest absolute Gasteiger partial charge is 0.307 e. The second kappa shape index (κ2) is 9.10. The lowest BCUT2D eigenvalue weighted by molar-refractivity contribution is -0.126. The Hall–Kier alpha value is -4.21. The highest BCUT2D eigenvalue weighted by Gasteiger charge is 2.55. The molecule has 2 amide bonds. The Labute approximate surface area is 214 Å². The van der Waals surface area contributed by atoms with Crippen LogP contribution in [0.15, 0.2) is 89.7 Å². The van der Waals surface area contributed by atoms with E-state index in [1.165, 1.54) is 13.1 Å². The van der Waals surface area contributed by atoms with E-state index < -0.39 is 5.41 Å². The second-order valence-corrected chi connectivity index (χ2v) is 9.49. The molecule has 2 heterocycles. The molecule has 36 heavy (non-hydrogen) atoms. The summed E-state index contributed by atoms with van der Waals surface area (Å²) < 4.78 is 0. The first-order chi connectivity index (χ1) is 17.3. The first-order valence-electron chi connectivity index (χ1n) is 11.6. The molecule has 0 N–H and O–H groups in total. The van der Waals surface area contributed by atoms with Crippen LogP contribution in [0.25, 0.3) is 0 Å². The summed E-state index contributed by atoms with van der Waals surface area (Å²) in [5.74, 6) is -0.575. The van der Waals surface area contributed by atoms with Crippen LogP contribution < -0.4 is 4.90 Å². The molecule has 0 radical (unpaired) electrons. The molecule has 3 aromatic rings. The van der Waals surface area contributed by atoms with Gasteiger partial charge in [-0.05, 0) is 41.8 Å². The highest BCUT2D eigenvalue weighted by molar-refractivity contribution is 6.30. The van der Waals surface area contributed by atoms with Crippen molar-refractivity contribution in [2.24, 2.45) is 5.10 Å². The number of hydrogen-bond acceptors (Lipinski definition) is 4. The number of amides is 2. The summed E-state index contributed by atoms with van der Waals surface area (Å²) in [5, 5.41) is 16.6. The Morgan fingerprint density at radius 2 is 1.83 bits per heavy atom. The molecule has 7 heteroatoms. The Kier molecular flexibility index (Phi) is 5.95. The minimum Gasteiger partial charge on any atom is -0.307 e. The van der Waals surface area contributed by atoms with Gasteiger partial charge in [-0.2, -0.15) is 10.4 Å². The molecule has 0 saturated carbocycles. The summed E-state index contributed by atoms with van der Waals surface area (Å²) in [5.41, 5.74) is 3.53. The quantitative estimate of drug-likeness (QED) is 0.482. The van der Waals surface area contributed by atoms with E-state index in [0.29, 0.717) is 17.3 Å². The standard InChI is InChI=1S/C29H23ClN4O2/c1-19-8-13-27-25(14-19)29(28(36)33(27)17-21-6-4-3-5-7-21)15-26(22-9-11-24(30)12-10-22)32-34(20(2)35)18-23(29)16-31/h3-14,18H,15,17H2,1-2H3. The molecule has 1 atom stereocenters. The van der Waals surface area contributed by atoms with Crippen LogP contribution in [-0.4, -0.2) is 22.5 Å². The van der Waals surface area contributed by atoms with Crippen LogP contribution in [0, 0.1) is 18.3 Å². The zero-order valence-corrected chi connectivity index (χ0v) is 20.7. The number of nitrogens with zero attached hydrogens (tertiary/aromatic N) is 4. The molecular formula is C29H23ClN4O2. The molecule has 0 aliphatic carbocycles. The molecule has 178 valence electrons. The van der Waals surface area contributed by atoms with Crippen LogP contribution in [0.1, 0.15) is 35.6 Å². The fourth-order valence-electron chi connectivity index (χ4n) is 4.90. The molecule has 1 unspecified atom stereocenters. The zero-order chi connectivity index (χ0) is 25.4. The van der Waals surface area contributed by atoms with Gasteiger partial charge in [0.15, 0.2) is 0 Å². The van der Waals surface area contributed by atoms with Crippen molar-refractivity contribution in [3.05, 3.63) is 112 Å². The Balaban J connectivity index is 1.73. The predicted octanol–water partition coefficient (Wildman–Crippen LogP) is 5.50. The lowest BCUT2D eigenvalue weighted by Crippen LogP contribution is -2.42. The number of halogens is 1. The molecule has 1 spiro atoms. The number of benzene rings is 3. The predicted molar refractivity (Wildman–Crippen MR) is 139 cm³/mol. The van der Waals surface area contributed by atoms with E-state index in [-0.39, 0.29) is 23.8 Å². The van der Waals surface area contributed by atoms with Crippen molar-refractivity contribution >= 4 is 34.8 Å². The monoisotopic (exact) mass is 494 g/mol. The number of anilines is 1. The first-order valence-corrected chi connectivity index (χ1v) is 11.9. The van der Waals surface area contributed by atoms with E-state index in [1.807, 2.05) is 67.6 Å². The van der Waals surface area contributed by atoms with Crippen LogP contribution in [0.3, 0.4) is 0 Å². The average Bonchev–Trinajstić information content (AvgIpc) is 3.00. The van der Waals surface area contributed by atoms with E-state index in [4.69, 9.17) is 11.6 Å². The van der Waals surface area contributed by atoms with Crippen molar-refractivity contribution in [2.45, 2.75) is 32.2 Å². The minimum atomic E-state index is -1.33. The SMILES string of the molecule is CC(=O)N1C=C(C#N)C2(CC(c3ccc(Cl)cc3)=N1)C(=O)N(Cc1ccccc1)c1ccc(C)cc12. The van der Waals surface area contributed by atoms with Gasteiger partial charge in [0, 0.05) is 30.3 Å². The minimum absolute atomic E-state index is 0.123. The second-order valence-electron chi connectivity index (χ2n) is 9.05. The van der Waals surface area contributed by atoms with Crippen molar-refractivity contribution < 1.29 is 9.59 Å². The Morgan fingerprint density at radius 1 is 1.11 bits per heavy atom. The highest BCUT2D eigenvalue weighted by Crippen LogP contribution is 2.50. The lowest BCUT2D eigenvalue weighted by atomic mass is 9.71. The number of aryl methyl sites for hydroxylation is 1. The number of hydrogen-bond donors (Lipinski definition) is 0. The van der Waals surface area contributed by atoms with Gasteiger partial charge in [-0.25, -0.2) is 5.01 Å². The maximum Gasteiger partial charge on any atom is 0.243 e. The van der Waals surface area contributed by atoms with Crippen LogP contribution in [0.5, 0.6) is 0 Å². The fourth-order valence-corrected chi connectivity index (χ4v) is 5.02. The zero-order valence-electron chi connectivity index (χ0n) is 19.9. The van der Waals surface area contributed by atoms with Gasteiger partial charge in [-0.1, -0.05) is 71.8 Å². The van der Waals surface area contributed by atoms with Crippen LogP contribution >= 0.6 is 11.6 Å². The topological polar surface area (TPSA) is 76.8 Å². The number of carbonyl (C=O) groups is 2. The normalized spacial score (nSPS) is 18.9. The Bertz CT molecular complexity index is 1470. The van der Waals surface area contributed by atoms with E-state index in [0.717, 1.165) is 33.0 Å². The molecular weight excluding hydrogens is 472 g/mol. The van der Waals surface area contributed by atoms with Crippen molar-refractivity contribution in [2.75, 3.05) is 4.90 Å². The van der Waals surface area contributed by atoms with Crippen LogP contribution in [0.4, 0.5) is 5.69 Å². The highest BCUT2D eigenvalue weighted by atomic mass is 35.5. The van der Waals surface area contributed by atoms with E-state index >= 15 is 0 Å². The molecule has 6 nitrogen and oxygen atoms in total. The van der Waals surface area contributed by atoms with Crippen molar-refractivity contribution in [1.82, 2.24) is 5.01 Å². The molecule has 0 fully saturated rings. The molecule has 2 aliphatic rings. The van der Waals surface area contributed by atoms with Gasteiger partial charge in [0.1, 0.15) is 5.41 Å². The summed E-state index contributed by atoms with van der Waals surface area (Å²) >= 11 is 6.11. The first kappa shape index (κ1) is 23.5. The number of rotatable bonds is 3. The number of hydrazone groups is 1.